The van der Waals surface area contributed by atoms with Gasteiger partial charge >= 0.3 is 0 Å². The Balaban J connectivity index is 2.14. The molecule has 0 aromatic heterocycles. The first kappa shape index (κ1) is 23.5. The highest BCUT2D eigenvalue weighted by molar-refractivity contribution is 7.89. The molecule has 0 aliphatic carbocycles. The van der Waals surface area contributed by atoms with Crippen molar-refractivity contribution in [3.8, 4) is 0 Å². The largest absolute Gasteiger partial charge is 0.354 e. The van der Waals surface area contributed by atoms with Crippen LogP contribution >= 0.6 is 0 Å². The average molecular weight is 436 g/mol. The molecule has 2 aromatic carbocycles. The lowest BCUT2D eigenvalue weighted by atomic mass is 10.1. The predicted octanol–water partition coefficient (Wildman–Crippen LogP) is 2.83. The van der Waals surface area contributed by atoms with Gasteiger partial charge in [-0.25, -0.2) is 17.5 Å². The monoisotopic (exact) mass is 435 g/mol. The first-order chi connectivity index (χ1) is 14.0. The van der Waals surface area contributed by atoms with Crippen molar-refractivity contribution in [2.45, 2.75) is 51.1 Å². The standard InChI is InChI=1S/C21H26FN3O4S/c1-13(2)23-20(26)11-15-5-7-16(8-6-15)24-21(27)18-12-17(9-10-19(18)22)30(28,29)25-14(3)4/h5-10,12-14,25H,11H2,1-4H3,(H,23,26)(H,24,27). The number of nitrogens with one attached hydrogen (secondary N) is 3. The molecular formula is C21H26FN3O4S. The minimum Gasteiger partial charge on any atom is -0.354 e. The van der Waals surface area contributed by atoms with Crippen LogP contribution < -0.4 is 15.4 Å². The number of anilines is 1. The lowest BCUT2D eigenvalue weighted by Crippen LogP contribution is -2.31. The van der Waals surface area contributed by atoms with Crippen LogP contribution in [0.1, 0.15) is 43.6 Å². The van der Waals surface area contributed by atoms with E-state index < -0.39 is 21.7 Å². The van der Waals surface area contributed by atoms with Gasteiger partial charge in [-0.15, -0.1) is 0 Å². The number of hydrogen-bond donors (Lipinski definition) is 3. The van der Waals surface area contributed by atoms with Crippen molar-refractivity contribution in [1.82, 2.24) is 10.0 Å². The molecule has 0 aliphatic rings. The molecule has 0 spiro atoms. The molecule has 0 aliphatic heterocycles. The second-order valence-electron chi connectivity index (χ2n) is 7.47. The van der Waals surface area contributed by atoms with Gasteiger partial charge in [-0.1, -0.05) is 12.1 Å². The first-order valence-corrected chi connectivity index (χ1v) is 11.0. The summed E-state index contributed by atoms with van der Waals surface area (Å²) in [6, 6.07) is 9.29. The van der Waals surface area contributed by atoms with Gasteiger partial charge in [-0.3, -0.25) is 9.59 Å². The topological polar surface area (TPSA) is 104 Å². The van der Waals surface area contributed by atoms with Crippen LogP contribution in [0.3, 0.4) is 0 Å². The molecule has 0 atom stereocenters. The molecule has 0 saturated carbocycles. The number of amides is 2. The third kappa shape index (κ3) is 6.64. The van der Waals surface area contributed by atoms with Crippen molar-refractivity contribution in [3.05, 3.63) is 59.4 Å². The fourth-order valence-corrected chi connectivity index (χ4v) is 3.96. The predicted molar refractivity (Wildman–Crippen MR) is 113 cm³/mol. The summed E-state index contributed by atoms with van der Waals surface area (Å²) in [4.78, 5) is 24.1. The van der Waals surface area contributed by atoms with Crippen LogP contribution in [-0.4, -0.2) is 32.3 Å². The van der Waals surface area contributed by atoms with Crippen molar-refractivity contribution >= 4 is 27.5 Å². The van der Waals surface area contributed by atoms with Gasteiger partial charge < -0.3 is 10.6 Å². The third-order valence-corrected chi connectivity index (χ3v) is 5.57. The van der Waals surface area contributed by atoms with Gasteiger partial charge in [0.1, 0.15) is 5.82 Å². The number of sulfonamides is 1. The molecule has 0 saturated heterocycles. The molecule has 0 heterocycles. The second-order valence-corrected chi connectivity index (χ2v) is 9.18. The molecule has 3 N–H and O–H groups in total. The molecule has 2 rings (SSSR count). The maximum atomic E-state index is 14.2. The average Bonchev–Trinajstić information content (AvgIpc) is 2.61. The van der Waals surface area contributed by atoms with E-state index in [0.717, 1.165) is 23.8 Å². The molecule has 30 heavy (non-hydrogen) atoms. The van der Waals surface area contributed by atoms with Crippen molar-refractivity contribution < 1.29 is 22.4 Å². The van der Waals surface area contributed by atoms with E-state index in [2.05, 4.69) is 15.4 Å². The minimum absolute atomic E-state index is 0.0428. The Bertz CT molecular complexity index is 1020. The number of carbonyl (C=O) groups is 2. The summed E-state index contributed by atoms with van der Waals surface area (Å²) in [7, 11) is -3.87. The van der Waals surface area contributed by atoms with E-state index in [1.165, 1.54) is 0 Å². The van der Waals surface area contributed by atoms with Crippen molar-refractivity contribution in [3.63, 3.8) is 0 Å². The van der Waals surface area contributed by atoms with E-state index >= 15 is 0 Å². The first-order valence-electron chi connectivity index (χ1n) is 9.49. The maximum absolute atomic E-state index is 14.2. The van der Waals surface area contributed by atoms with Crippen LogP contribution in [0, 0.1) is 5.82 Å². The summed E-state index contributed by atoms with van der Waals surface area (Å²) in [6.07, 6.45) is 0.198. The van der Waals surface area contributed by atoms with Gasteiger partial charge in [-0.05, 0) is 63.6 Å². The Morgan fingerprint density at radius 3 is 2.17 bits per heavy atom. The Kier molecular flexibility index (Phi) is 7.69. The van der Waals surface area contributed by atoms with Gasteiger partial charge in [0.05, 0.1) is 16.9 Å². The van der Waals surface area contributed by atoms with Gasteiger partial charge in [0.2, 0.25) is 15.9 Å². The van der Waals surface area contributed by atoms with Crippen molar-refractivity contribution in [2.24, 2.45) is 0 Å². The molecule has 162 valence electrons. The summed E-state index contributed by atoms with van der Waals surface area (Å²) < 4.78 is 41.1. The van der Waals surface area contributed by atoms with Gasteiger partial charge in [0.15, 0.2) is 0 Å². The number of carbonyl (C=O) groups excluding carboxylic acids is 2. The zero-order valence-corrected chi connectivity index (χ0v) is 18.1. The molecule has 9 heteroatoms. The zero-order chi connectivity index (χ0) is 22.5. The van der Waals surface area contributed by atoms with Crippen molar-refractivity contribution in [2.75, 3.05) is 5.32 Å². The molecule has 0 unspecified atom stereocenters. The van der Waals surface area contributed by atoms with Crippen LogP contribution in [-0.2, 0) is 21.2 Å². The fraction of sp³-hybridized carbons (Fsp3) is 0.333. The molecule has 0 fully saturated rings. The minimum atomic E-state index is -3.87. The van der Waals surface area contributed by atoms with E-state index in [1.54, 1.807) is 38.1 Å². The lowest BCUT2D eigenvalue weighted by molar-refractivity contribution is -0.120. The summed E-state index contributed by atoms with van der Waals surface area (Å²) in [5, 5.41) is 5.33. The van der Waals surface area contributed by atoms with E-state index in [4.69, 9.17) is 0 Å². The second kappa shape index (κ2) is 9.82. The Morgan fingerprint density at radius 1 is 0.967 bits per heavy atom. The third-order valence-electron chi connectivity index (χ3n) is 3.91. The number of benzene rings is 2. The quantitative estimate of drug-likeness (QED) is 0.593. The Labute approximate surface area is 176 Å². The highest BCUT2D eigenvalue weighted by Crippen LogP contribution is 2.18. The highest BCUT2D eigenvalue weighted by Gasteiger charge is 2.20. The number of hydrogen-bond acceptors (Lipinski definition) is 4. The molecule has 0 radical (unpaired) electrons. The van der Waals surface area contributed by atoms with Gasteiger partial charge in [0, 0.05) is 17.8 Å². The van der Waals surface area contributed by atoms with Crippen LogP contribution in [0.25, 0.3) is 0 Å². The van der Waals surface area contributed by atoms with Crippen LogP contribution in [0.15, 0.2) is 47.4 Å². The fourth-order valence-electron chi connectivity index (χ4n) is 2.69. The lowest BCUT2D eigenvalue weighted by Gasteiger charge is -2.12. The van der Waals surface area contributed by atoms with E-state index in [9.17, 15) is 22.4 Å². The summed E-state index contributed by atoms with van der Waals surface area (Å²) >= 11 is 0. The molecule has 2 aromatic rings. The molecular weight excluding hydrogens is 409 g/mol. The molecule has 2 amide bonds. The number of halogens is 1. The van der Waals surface area contributed by atoms with Crippen LogP contribution in [0.2, 0.25) is 0 Å². The van der Waals surface area contributed by atoms with Gasteiger partial charge in [0.25, 0.3) is 5.91 Å². The number of rotatable bonds is 8. The normalized spacial score (nSPS) is 11.6. The summed E-state index contributed by atoms with van der Waals surface area (Å²) in [5.41, 5.74) is 0.758. The Hall–Kier alpha value is -2.78. The maximum Gasteiger partial charge on any atom is 0.258 e. The molecule has 7 nitrogen and oxygen atoms in total. The SMILES string of the molecule is CC(C)NC(=O)Cc1ccc(NC(=O)c2cc(S(=O)(=O)NC(C)C)ccc2F)cc1. The van der Waals surface area contributed by atoms with E-state index in [-0.39, 0.29) is 34.9 Å². The van der Waals surface area contributed by atoms with Crippen LogP contribution in [0.4, 0.5) is 10.1 Å². The molecule has 0 bridgehead atoms. The smallest absolute Gasteiger partial charge is 0.258 e. The van der Waals surface area contributed by atoms with E-state index in [1.807, 2.05) is 13.8 Å². The summed E-state index contributed by atoms with van der Waals surface area (Å²) in [5.74, 6) is -1.73. The van der Waals surface area contributed by atoms with Crippen molar-refractivity contribution in [1.29, 1.82) is 0 Å². The summed E-state index contributed by atoms with van der Waals surface area (Å²) in [6.45, 7) is 7.05. The van der Waals surface area contributed by atoms with Gasteiger partial charge in [-0.2, -0.15) is 0 Å². The zero-order valence-electron chi connectivity index (χ0n) is 17.3. The Morgan fingerprint density at radius 2 is 1.60 bits per heavy atom. The van der Waals surface area contributed by atoms with E-state index in [0.29, 0.717) is 5.69 Å². The highest BCUT2D eigenvalue weighted by atomic mass is 32.2. The van der Waals surface area contributed by atoms with Crippen LogP contribution in [0.5, 0.6) is 0 Å².